The second kappa shape index (κ2) is 4.43. The van der Waals surface area contributed by atoms with Gasteiger partial charge < -0.3 is 19.5 Å². The molecule has 1 aromatic rings. The van der Waals surface area contributed by atoms with Crippen molar-refractivity contribution in [2.75, 3.05) is 6.54 Å². The van der Waals surface area contributed by atoms with Gasteiger partial charge in [-0.05, 0) is 12.5 Å². The summed E-state index contributed by atoms with van der Waals surface area (Å²) in [5.41, 5.74) is 0.228. The number of fused-ring (bicyclic) bond motifs is 1. The Bertz CT molecular complexity index is 670. The first-order chi connectivity index (χ1) is 10.5. The molecule has 3 aliphatic heterocycles. The summed E-state index contributed by atoms with van der Waals surface area (Å²) in [6, 6.07) is 9.60. The number of rotatable bonds is 3. The van der Waals surface area contributed by atoms with Crippen LogP contribution in [-0.2, 0) is 14.3 Å². The molecular formula is C17H16NO4-. The average Bonchev–Trinajstić information content (AvgIpc) is 3.15. The van der Waals surface area contributed by atoms with E-state index < -0.39 is 29.5 Å². The predicted octanol–water partition coefficient (Wildman–Crippen LogP) is 0.279. The first kappa shape index (κ1) is 13.5. The van der Waals surface area contributed by atoms with Gasteiger partial charge >= 0.3 is 0 Å². The van der Waals surface area contributed by atoms with Gasteiger partial charge in [-0.3, -0.25) is 4.79 Å². The molecule has 3 aliphatic rings. The number of carboxylic acid groups (broad SMARTS) is 1. The summed E-state index contributed by atoms with van der Waals surface area (Å²) in [6.45, 7) is 2.35. The molecule has 1 spiro atoms. The number of nitrogens with zero attached hydrogens (tertiary/aromatic N) is 1. The molecule has 0 N–H and O–H groups in total. The molecule has 114 valence electrons. The molecule has 2 bridgehead atoms. The van der Waals surface area contributed by atoms with Gasteiger partial charge in [-0.1, -0.05) is 42.5 Å². The maximum absolute atomic E-state index is 12.8. The van der Waals surface area contributed by atoms with Crippen molar-refractivity contribution in [3.63, 3.8) is 0 Å². The average molecular weight is 298 g/mol. The molecule has 0 unspecified atom stereocenters. The van der Waals surface area contributed by atoms with Gasteiger partial charge in [0.15, 0.2) is 0 Å². The fourth-order valence-corrected chi connectivity index (χ4v) is 4.04. The zero-order valence-electron chi connectivity index (χ0n) is 12.1. The molecule has 0 aliphatic carbocycles. The van der Waals surface area contributed by atoms with Crippen LogP contribution in [0.4, 0.5) is 0 Å². The number of carbonyl (C=O) groups excluding carboxylic acids is 2. The predicted molar refractivity (Wildman–Crippen MR) is 75.3 cm³/mol. The van der Waals surface area contributed by atoms with Crippen LogP contribution in [0.3, 0.4) is 0 Å². The van der Waals surface area contributed by atoms with Crippen molar-refractivity contribution >= 4 is 11.9 Å². The normalized spacial score (nSPS) is 36.7. The van der Waals surface area contributed by atoms with E-state index in [2.05, 4.69) is 0 Å². The molecular weight excluding hydrogens is 282 g/mol. The summed E-state index contributed by atoms with van der Waals surface area (Å²) >= 11 is 0. The number of aliphatic carboxylic acids is 1. The van der Waals surface area contributed by atoms with E-state index in [0.29, 0.717) is 6.54 Å². The molecule has 0 aromatic heterocycles. The Kier molecular flexibility index (Phi) is 2.72. The highest BCUT2D eigenvalue weighted by molar-refractivity contribution is 5.90. The van der Waals surface area contributed by atoms with Gasteiger partial charge in [-0.2, -0.15) is 0 Å². The maximum Gasteiger partial charge on any atom is 0.230 e. The molecule has 1 amide bonds. The van der Waals surface area contributed by atoms with Crippen LogP contribution < -0.4 is 5.11 Å². The van der Waals surface area contributed by atoms with Gasteiger partial charge in [0.25, 0.3) is 0 Å². The van der Waals surface area contributed by atoms with E-state index in [4.69, 9.17) is 4.74 Å². The Morgan fingerprint density at radius 2 is 2.14 bits per heavy atom. The zero-order valence-corrected chi connectivity index (χ0v) is 12.1. The molecule has 4 rings (SSSR count). The van der Waals surface area contributed by atoms with Crippen molar-refractivity contribution in [1.82, 2.24) is 4.90 Å². The first-order valence-corrected chi connectivity index (χ1v) is 7.47. The van der Waals surface area contributed by atoms with Crippen LogP contribution in [-0.4, -0.2) is 35.0 Å². The Morgan fingerprint density at radius 3 is 2.82 bits per heavy atom. The van der Waals surface area contributed by atoms with E-state index in [1.165, 1.54) is 0 Å². The number of hydrogen-bond acceptors (Lipinski definition) is 4. The van der Waals surface area contributed by atoms with Gasteiger partial charge in [0.1, 0.15) is 5.60 Å². The third-order valence-electron chi connectivity index (χ3n) is 5.15. The summed E-state index contributed by atoms with van der Waals surface area (Å²) in [5.74, 6) is -2.91. The monoisotopic (exact) mass is 298 g/mol. The van der Waals surface area contributed by atoms with Crippen molar-refractivity contribution in [3.05, 3.63) is 48.0 Å². The van der Waals surface area contributed by atoms with E-state index >= 15 is 0 Å². The number of benzene rings is 1. The van der Waals surface area contributed by atoms with Gasteiger partial charge in [-0.25, -0.2) is 0 Å². The number of carbonyl (C=O) groups is 2. The Balaban J connectivity index is 1.68. The quantitative estimate of drug-likeness (QED) is 0.752. The van der Waals surface area contributed by atoms with Crippen LogP contribution in [0, 0.1) is 11.8 Å². The number of hydrogen-bond donors (Lipinski definition) is 0. The van der Waals surface area contributed by atoms with E-state index in [0.717, 1.165) is 5.56 Å². The highest BCUT2D eigenvalue weighted by atomic mass is 16.5. The lowest BCUT2D eigenvalue weighted by Gasteiger charge is -2.28. The van der Waals surface area contributed by atoms with Gasteiger partial charge in [0.05, 0.1) is 24.6 Å². The largest absolute Gasteiger partial charge is 0.550 e. The molecule has 2 saturated heterocycles. The van der Waals surface area contributed by atoms with Crippen molar-refractivity contribution in [3.8, 4) is 0 Å². The summed E-state index contributed by atoms with van der Waals surface area (Å²) in [7, 11) is 0. The lowest BCUT2D eigenvalue weighted by molar-refractivity contribution is -0.313. The highest BCUT2D eigenvalue weighted by Gasteiger charge is 2.65. The number of likely N-dealkylation sites (tertiary alicyclic amines) is 1. The van der Waals surface area contributed by atoms with Crippen LogP contribution in [0.25, 0.3) is 0 Å². The van der Waals surface area contributed by atoms with E-state index in [1.54, 1.807) is 11.0 Å². The third-order valence-corrected chi connectivity index (χ3v) is 5.15. The molecule has 22 heavy (non-hydrogen) atoms. The summed E-state index contributed by atoms with van der Waals surface area (Å²) in [6.07, 6.45) is 3.08. The molecule has 5 heteroatoms. The summed E-state index contributed by atoms with van der Waals surface area (Å²) < 4.78 is 5.85. The second-order valence-electron chi connectivity index (χ2n) is 6.27. The van der Waals surface area contributed by atoms with Crippen molar-refractivity contribution in [1.29, 1.82) is 0 Å². The van der Waals surface area contributed by atoms with Gasteiger partial charge in [0, 0.05) is 11.9 Å². The topological polar surface area (TPSA) is 69.7 Å². The van der Waals surface area contributed by atoms with Crippen molar-refractivity contribution in [2.45, 2.75) is 24.7 Å². The van der Waals surface area contributed by atoms with Gasteiger partial charge in [-0.15, -0.1) is 0 Å². The molecule has 5 atom stereocenters. The number of ether oxygens (including phenoxy) is 1. The smallest absolute Gasteiger partial charge is 0.230 e. The lowest BCUT2D eigenvalue weighted by atomic mass is 9.77. The van der Waals surface area contributed by atoms with E-state index in [-0.39, 0.29) is 11.9 Å². The zero-order chi connectivity index (χ0) is 15.5. The van der Waals surface area contributed by atoms with Crippen molar-refractivity contribution in [2.24, 2.45) is 11.8 Å². The van der Waals surface area contributed by atoms with Crippen LogP contribution in [0.5, 0.6) is 0 Å². The number of carboxylic acids is 1. The van der Waals surface area contributed by atoms with E-state index in [9.17, 15) is 14.7 Å². The van der Waals surface area contributed by atoms with Crippen LogP contribution in [0.15, 0.2) is 42.5 Å². The standard InChI is InChI=1S/C17H17NO4/c1-10(11-5-3-2-4-6-11)18-9-17-8-7-12(22-17)13(16(20)21)14(17)15(18)19/h2-8,10,12-14H,9H2,1H3,(H,20,21)/p-1/t10-,12-,13-,14-,17+/m1/s1. The molecule has 5 nitrogen and oxygen atoms in total. The molecule has 1 aromatic carbocycles. The minimum absolute atomic E-state index is 0.118. The minimum Gasteiger partial charge on any atom is -0.550 e. The van der Waals surface area contributed by atoms with Crippen LogP contribution in [0.1, 0.15) is 18.5 Å². The third kappa shape index (κ3) is 1.63. The SMILES string of the molecule is C[C@H](c1ccccc1)N1C[C@]23C=C[C@@H](O2)[C@@H](C(=O)[O-])[C@@H]3C1=O. The van der Waals surface area contributed by atoms with Gasteiger partial charge in [0.2, 0.25) is 5.91 Å². The molecule has 3 heterocycles. The molecule has 2 fully saturated rings. The van der Waals surface area contributed by atoms with Crippen LogP contribution in [0.2, 0.25) is 0 Å². The van der Waals surface area contributed by atoms with E-state index in [1.807, 2.05) is 43.3 Å². The number of amides is 1. The highest BCUT2D eigenvalue weighted by Crippen LogP contribution is 2.52. The Morgan fingerprint density at radius 1 is 1.41 bits per heavy atom. The molecule has 0 saturated carbocycles. The molecule has 0 radical (unpaired) electrons. The fourth-order valence-electron chi connectivity index (χ4n) is 4.04. The lowest BCUT2D eigenvalue weighted by Crippen LogP contribution is -2.45. The summed E-state index contributed by atoms with van der Waals surface area (Å²) in [4.78, 5) is 26.0. The summed E-state index contributed by atoms with van der Waals surface area (Å²) in [5, 5.41) is 11.4. The maximum atomic E-state index is 12.8. The Hall–Kier alpha value is -2.14. The first-order valence-electron chi connectivity index (χ1n) is 7.47. The second-order valence-corrected chi connectivity index (χ2v) is 6.27. The fraction of sp³-hybridized carbons (Fsp3) is 0.412. The van der Waals surface area contributed by atoms with Crippen molar-refractivity contribution < 1.29 is 19.4 Å². The van der Waals surface area contributed by atoms with Crippen LogP contribution >= 0.6 is 0 Å². The minimum atomic E-state index is -1.20. The Labute approximate surface area is 128 Å².